The first-order chi connectivity index (χ1) is 12.0. The van der Waals surface area contributed by atoms with Crippen molar-refractivity contribution in [2.24, 2.45) is 0 Å². The molecule has 0 N–H and O–H groups in total. The van der Waals surface area contributed by atoms with Gasteiger partial charge in [-0.1, -0.05) is 18.2 Å². The molecule has 0 unspecified atom stereocenters. The van der Waals surface area contributed by atoms with Gasteiger partial charge in [0.25, 0.3) is 5.91 Å². The second-order valence-corrected chi connectivity index (χ2v) is 7.07. The molecule has 1 fully saturated rings. The number of carbonyl (C=O) groups excluding carboxylic acids is 3. The molecule has 1 aromatic heterocycles. The third-order valence-electron chi connectivity index (χ3n) is 4.43. The molecule has 1 aliphatic rings. The number of carbonyl (C=O) groups is 3. The molecule has 25 heavy (non-hydrogen) atoms. The van der Waals surface area contributed by atoms with Crippen LogP contribution in [0.15, 0.2) is 24.3 Å². The Kier molecular flexibility index (Phi) is 5.03. The molecular weight excluding hydrogens is 340 g/mol. The zero-order chi connectivity index (χ0) is 18.0. The first kappa shape index (κ1) is 17.4. The van der Waals surface area contributed by atoms with E-state index in [0.717, 1.165) is 15.6 Å². The van der Waals surface area contributed by atoms with Crippen LogP contribution in [-0.2, 0) is 14.3 Å². The van der Waals surface area contributed by atoms with Gasteiger partial charge in [-0.05, 0) is 23.9 Å². The molecule has 7 heteroatoms. The first-order valence-corrected chi connectivity index (χ1v) is 8.97. The van der Waals surface area contributed by atoms with Gasteiger partial charge >= 0.3 is 5.97 Å². The summed E-state index contributed by atoms with van der Waals surface area (Å²) in [5, 5.41) is 1.03. The Morgan fingerprint density at radius 2 is 1.72 bits per heavy atom. The summed E-state index contributed by atoms with van der Waals surface area (Å²) in [6.07, 6.45) is 0. The van der Waals surface area contributed by atoms with Crippen LogP contribution in [0.3, 0.4) is 0 Å². The van der Waals surface area contributed by atoms with Crippen LogP contribution < -0.4 is 0 Å². The number of thiophene rings is 1. The van der Waals surface area contributed by atoms with Gasteiger partial charge in [-0.2, -0.15) is 0 Å². The molecule has 6 nitrogen and oxygen atoms in total. The maximum atomic E-state index is 12.3. The molecule has 0 bridgehead atoms. The average Bonchev–Trinajstić information content (AvgIpc) is 2.96. The fourth-order valence-corrected chi connectivity index (χ4v) is 4.03. The Morgan fingerprint density at radius 1 is 1.08 bits per heavy atom. The highest BCUT2D eigenvalue weighted by atomic mass is 32.1. The molecule has 0 aliphatic carbocycles. The van der Waals surface area contributed by atoms with E-state index in [1.165, 1.54) is 18.3 Å². The van der Waals surface area contributed by atoms with E-state index in [1.807, 2.05) is 31.2 Å². The topological polar surface area (TPSA) is 66.9 Å². The van der Waals surface area contributed by atoms with Gasteiger partial charge in [0.15, 0.2) is 6.61 Å². The molecular formula is C18H20N2O4S. The van der Waals surface area contributed by atoms with E-state index in [2.05, 4.69) is 0 Å². The maximum Gasteiger partial charge on any atom is 0.349 e. The fourth-order valence-electron chi connectivity index (χ4n) is 2.92. The van der Waals surface area contributed by atoms with Gasteiger partial charge in [0.2, 0.25) is 5.91 Å². The summed E-state index contributed by atoms with van der Waals surface area (Å²) in [5.41, 5.74) is 0.883. The molecule has 0 saturated carbocycles. The van der Waals surface area contributed by atoms with Gasteiger partial charge in [0.1, 0.15) is 4.88 Å². The summed E-state index contributed by atoms with van der Waals surface area (Å²) >= 11 is 1.38. The molecule has 132 valence electrons. The lowest BCUT2D eigenvalue weighted by molar-refractivity contribution is -0.140. The Bertz CT molecular complexity index is 822. The van der Waals surface area contributed by atoms with Crippen molar-refractivity contribution in [2.45, 2.75) is 13.8 Å². The molecule has 1 aromatic carbocycles. The largest absolute Gasteiger partial charge is 0.451 e. The van der Waals surface area contributed by atoms with E-state index in [9.17, 15) is 14.4 Å². The number of hydrogen-bond donors (Lipinski definition) is 0. The quantitative estimate of drug-likeness (QED) is 0.786. The summed E-state index contributed by atoms with van der Waals surface area (Å²) in [7, 11) is 0. The predicted molar refractivity (Wildman–Crippen MR) is 95.7 cm³/mol. The van der Waals surface area contributed by atoms with Crippen molar-refractivity contribution in [2.75, 3.05) is 32.8 Å². The SMILES string of the molecule is CC(=O)N1CCN(C(=O)COC(=O)c2sc3ccccc3c2C)CC1. The highest BCUT2D eigenvalue weighted by Gasteiger charge is 2.24. The zero-order valence-corrected chi connectivity index (χ0v) is 15.1. The first-order valence-electron chi connectivity index (χ1n) is 8.16. The van der Waals surface area contributed by atoms with Gasteiger partial charge in [0, 0.05) is 37.8 Å². The van der Waals surface area contributed by atoms with Crippen LogP contribution in [0.1, 0.15) is 22.2 Å². The number of fused-ring (bicyclic) bond motifs is 1. The minimum absolute atomic E-state index is 0.0127. The monoisotopic (exact) mass is 360 g/mol. The summed E-state index contributed by atoms with van der Waals surface area (Å²) in [6.45, 7) is 5.11. The van der Waals surface area contributed by atoms with E-state index in [-0.39, 0.29) is 18.4 Å². The Hall–Kier alpha value is -2.41. The Morgan fingerprint density at radius 3 is 2.36 bits per heavy atom. The van der Waals surface area contributed by atoms with Gasteiger partial charge in [0.05, 0.1) is 0 Å². The van der Waals surface area contributed by atoms with Crippen LogP contribution in [0, 0.1) is 6.92 Å². The lowest BCUT2D eigenvalue weighted by atomic mass is 10.1. The van der Waals surface area contributed by atoms with Crippen LogP contribution in [0.5, 0.6) is 0 Å². The number of piperazine rings is 1. The highest BCUT2D eigenvalue weighted by molar-refractivity contribution is 7.21. The van der Waals surface area contributed by atoms with Crippen LogP contribution in [0.4, 0.5) is 0 Å². The zero-order valence-electron chi connectivity index (χ0n) is 14.3. The summed E-state index contributed by atoms with van der Waals surface area (Å²) in [5.74, 6) is -0.677. The predicted octanol–water partition coefficient (Wildman–Crippen LogP) is 2.06. The summed E-state index contributed by atoms with van der Waals surface area (Å²) in [6, 6.07) is 7.79. The minimum atomic E-state index is -0.463. The normalized spacial score (nSPS) is 14.6. The molecule has 1 saturated heterocycles. The Labute approximate surface area is 150 Å². The van der Waals surface area contributed by atoms with E-state index in [1.54, 1.807) is 9.80 Å². The lowest BCUT2D eigenvalue weighted by Crippen LogP contribution is -2.51. The second kappa shape index (κ2) is 7.23. The number of ether oxygens (including phenoxy) is 1. The standard InChI is InChI=1S/C18H20N2O4S/c1-12-14-5-3-4-6-15(14)25-17(12)18(23)24-11-16(22)20-9-7-19(8-10-20)13(2)21/h3-6H,7-11H2,1-2H3. The van der Waals surface area contributed by atoms with Gasteiger partial charge in [-0.15, -0.1) is 11.3 Å². The van der Waals surface area contributed by atoms with Crippen LogP contribution in [0.25, 0.3) is 10.1 Å². The third-order valence-corrected chi connectivity index (χ3v) is 5.69. The molecule has 2 heterocycles. The van der Waals surface area contributed by atoms with Crippen molar-refractivity contribution >= 4 is 39.2 Å². The van der Waals surface area contributed by atoms with Crippen molar-refractivity contribution in [3.8, 4) is 0 Å². The average molecular weight is 360 g/mol. The Balaban J connectivity index is 1.57. The summed E-state index contributed by atoms with van der Waals surface area (Å²) < 4.78 is 6.25. The second-order valence-electron chi connectivity index (χ2n) is 6.02. The fraction of sp³-hybridized carbons (Fsp3) is 0.389. The van der Waals surface area contributed by atoms with Gasteiger partial charge in [-0.25, -0.2) is 4.79 Å². The third kappa shape index (κ3) is 3.66. The van der Waals surface area contributed by atoms with E-state index in [0.29, 0.717) is 31.1 Å². The summed E-state index contributed by atoms with van der Waals surface area (Å²) in [4.78, 5) is 39.7. The molecule has 2 aromatic rings. The number of aryl methyl sites for hydroxylation is 1. The number of benzene rings is 1. The highest BCUT2D eigenvalue weighted by Crippen LogP contribution is 2.30. The van der Waals surface area contributed by atoms with Crippen LogP contribution >= 0.6 is 11.3 Å². The van der Waals surface area contributed by atoms with Crippen molar-refractivity contribution in [1.29, 1.82) is 0 Å². The molecule has 1 aliphatic heterocycles. The number of rotatable bonds is 3. The minimum Gasteiger partial charge on any atom is -0.451 e. The van der Waals surface area contributed by atoms with E-state index < -0.39 is 5.97 Å². The maximum absolute atomic E-state index is 12.3. The van der Waals surface area contributed by atoms with Gasteiger partial charge in [-0.3, -0.25) is 9.59 Å². The molecule has 2 amide bonds. The number of amides is 2. The van der Waals surface area contributed by atoms with Crippen molar-refractivity contribution in [1.82, 2.24) is 9.80 Å². The lowest BCUT2D eigenvalue weighted by Gasteiger charge is -2.34. The number of nitrogens with zero attached hydrogens (tertiary/aromatic N) is 2. The van der Waals surface area contributed by atoms with Crippen molar-refractivity contribution in [3.63, 3.8) is 0 Å². The van der Waals surface area contributed by atoms with Gasteiger partial charge < -0.3 is 14.5 Å². The number of hydrogen-bond acceptors (Lipinski definition) is 5. The van der Waals surface area contributed by atoms with E-state index in [4.69, 9.17) is 4.74 Å². The van der Waals surface area contributed by atoms with Crippen LogP contribution in [0.2, 0.25) is 0 Å². The molecule has 0 radical (unpaired) electrons. The van der Waals surface area contributed by atoms with Crippen LogP contribution in [-0.4, -0.2) is 60.4 Å². The van der Waals surface area contributed by atoms with Crippen molar-refractivity contribution < 1.29 is 19.1 Å². The number of esters is 1. The smallest absolute Gasteiger partial charge is 0.349 e. The molecule has 0 spiro atoms. The molecule has 3 rings (SSSR count). The molecule has 0 atom stereocenters. The van der Waals surface area contributed by atoms with E-state index >= 15 is 0 Å². The van der Waals surface area contributed by atoms with Crippen molar-refractivity contribution in [3.05, 3.63) is 34.7 Å².